The molecule has 0 amide bonds. The highest BCUT2D eigenvalue weighted by atomic mass is 32.2. The predicted molar refractivity (Wildman–Crippen MR) is 117 cm³/mol. The van der Waals surface area contributed by atoms with Crippen LogP contribution in [0, 0.1) is 12.7 Å². The number of carbonyl (C=O) groups is 1. The average Bonchev–Trinajstić information content (AvgIpc) is 3.30. The molecule has 1 aliphatic heterocycles. The third-order valence-electron chi connectivity index (χ3n) is 5.15. The molecule has 3 aromatic rings. The Kier molecular flexibility index (Phi) is 7.21. The second kappa shape index (κ2) is 9.88. The molecule has 1 unspecified atom stereocenters. The van der Waals surface area contributed by atoms with Gasteiger partial charge < -0.3 is 10.0 Å². The van der Waals surface area contributed by atoms with Gasteiger partial charge in [-0.25, -0.2) is 22.5 Å². The number of benzene rings is 1. The van der Waals surface area contributed by atoms with E-state index in [0.29, 0.717) is 36.7 Å². The quantitative estimate of drug-likeness (QED) is 0.594. The summed E-state index contributed by atoms with van der Waals surface area (Å²) in [7, 11) is -3.67. The van der Waals surface area contributed by atoms with Gasteiger partial charge in [-0.3, -0.25) is 4.79 Å². The Morgan fingerprint density at radius 2 is 1.97 bits per heavy atom. The Balaban J connectivity index is 0.000000913. The van der Waals surface area contributed by atoms with Crippen molar-refractivity contribution in [2.45, 2.75) is 24.8 Å². The first-order valence-corrected chi connectivity index (χ1v) is 11.3. The maximum atomic E-state index is 13.4. The maximum absolute atomic E-state index is 13.4. The number of pyridine rings is 1. The first kappa shape index (κ1) is 23.4. The van der Waals surface area contributed by atoms with Crippen molar-refractivity contribution in [3.63, 3.8) is 0 Å². The van der Waals surface area contributed by atoms with Crippen LogP contribution in [0.2, 0.25) is 0 Å². The zero-order chi connectivity index (χ0) is 23.3. The molecule has 0 spiro atoms. The average molecular weight is 462 g/mol. The lowest BCUT2D eigenvalue weighted by Crippen LogP contribution is -2.54. The number of halogens is 1. The molecule has 2 aromatic heterocycles. The molecular weight excluding hydrogens is 437 g/mol. The Bertz CT molecular complexity index is 1150. The summed E-state index contributed by atoms with van der Waals surface area (Å²) >= 11 is 0. The number of aromatic nitrogens is 3. The van der Waals surface area contributed by atoms with Gasteiger partial charge in [0.1, 0.15) is 11.6 Å². The van der Waals surface area contributed by atoms with Crippen molar-refractivity contribution in [1.29, 1.82) is 0 Å². The molecule has 1 N–H and O–H groups in total. The van der Waals surface area contributed by atoms with Gasteiger partial charge in [-0.15, -0.1) is 0 Å². The van der Waals surface area contributed by atoms with Gasteiger partial charge in [-0.05, 0) is 49.7 Å². The third-order valence-corrected chi connectivity index (χ3v) is 7.16. The molecule has 1 fully saturated rings. The van der Waals surface area contributed by atoms with E-state index in [1.165, 1.54) is 16.6 Å². The van der Waals surface area contributed by atoms with E-state index in [1.807, 2.05) is 17.9 Å². The fourth-order valence-electron chi connectivity index (χ4n) is 3.59. The molecule has 1 saturated heterocycles. The molecule has 0 radical (unpaired) electrons. The van der Waals surface area contributed by atoms with Crippen molar-refractivity contribution in [2.75, 3.05) is 24.5 Å². The lowest BCUT2D eigenvalue weighted by atomic mass is 10.2. The lowest BCUT2D eigenvalue weighted by molar-refractivity contribution is -0.122. The zero-order valence-electron chi connectivity index (χ0n) is 17.7. The van der Waals surface area contributed by atoms with Crippen molar-refractivity contribution < 1.29 is 22.7 Å². The minimum absolute atomic E-state index is 0.0916. The summed E-state index contributed by atoms with van der Waals surface area (Å²) in [6.45, 7) is 4.63. The summed E-state index contributed by atoms with van der Waals surface area (Å²) in [5, 5.41) is 11.1. The normalized spacial score (nSPS) is 16.8. The van der Waals surface area contributed by atoms with Crippen molar-refractivity contribution in [1.82, 2.24) is 19.1 Å². The first-order chi connectivity index (χ1) is 15.3. The summed E-state index contributed by atoms with van der Waals surface area (Å²) in [6.07, 6.45) is 4.60. The van der Waals surface area contributed by atoms with Crippen LogP contribution >= 0.6 is 0 Å². The molecule has 0 saturated carbocycles. The fraction of sp³-hybridized carbons (Fsp3) is 0.286. The Hall–Kier alpha value is -3.31. The molecule has 1 aliphatic rings. The van der Waals surface area contributed by atoms with Crippen LogP contribution in [0.3, 0.4) is 0 Å². The molecule has 9 nitrogen and oxygen atoms in total. The highest BCUT2D eigenvalue weighted by Crippen LogP contribution is 2.26. The second-order valence-electron chi connectivity index (χ2n) is 7.25. The van der Waals surface area contributed by atoms with Gasteiger partial charge in [0, 0.05) is 38.1 Å². The van der Waals surface area contributed by atoms with Gasteiger partial charge in [0.15, 0.2) is 0 Å². The summed E-state index contributed by atoms with van der Waals surface area (Å²) in [4.78, 5) is 14.8. The molecule has 1 aromatic carbocycles. The van der Waals surface area contributed by atoms with E-state index >= 15 is 0 Å². The smallest absolute Gasteiger partial charge is 0.290 e. The Labute approximate surface area is 185 Å². The predicted octanol–water partition coefficient (Wildman–Crippen LogP) is 2.32. The molecule has 3 heterocycles. The molecular formula is C21H24FN5O4S. The fourth-order valence-corrected chi connectivity index (χ4v) is 5.35. The van der Waals surface area contributed by atoms with Crippen molar-refractivity contribution in [2.24, 2.45) is 0 Å². The molecule has 1 atom stereocenters. The van der Waals surface area contributed by atoms with E-state index in [0.717, 1.165) is 0 Å². The first-order valence-electron chi connectivity index (χ1n) is 9.84. The third kappa shape index (κ3) is 4.94. The van der Waals surface area contributed by atoms with Crippen LogP contribution in [0.5, 0.6) is 0 Å². The highest BCUT2D eigenvalue weighted by molar-refractivity contribution is 7.89. The van der Waals surface area contributed by atoms with Crippen LogP contribution in [0.4, 0.5) is 10.2 Å². The van der Waals surface area contributed by atoms with Gasteiger partial charge >= 0.3 is 0 Å². The minimum Gasteiger partial charge on any atom is -0.483 e. The number of aryl methyl sites for hydroxylation is 1. The van der Waals surface area contributed by atoms with Crippen molar-refractivity contribution in [3.8, 4) is 5.69 Å². The summed E-state index contributed by atoms with van der Waals surface area (Å²) < 4.78 is 43.1. The van der Waals surface area contributed by atoms with Crippen molar-refractivity contribution >= 4 is 22.3 Å². The topological polar surface area (TPSA) is 109 Å². The standard InChI is InChI=1S/C20H22FN5O2S.CH2O2/c1-15-4-6-18(26-9-3-8-23-26)12-19(15)29(27,28)24-10-11-25(16(2)14-24)20-7-5-17(21)13-22-20;2-1-3/h3-9,12-13,16H,10-11,14H2,1-2H3;1H,(H,2,3). The van der Waals surface area contributed by atoms with E-state index < -0.39 is 15.8 Å². The number of nitrogens with zero attached hydrogens (tertiary/aromatic N) is 5. The van der Waals surface area contributed by atoms with Gasteiger partial charge in [-0.2, -0.15) is 9.40 Å². The van der Waals surface area contributed by atoms with E-state index in [2.05, 4.69) is 10.1 Å². The number of rotatable bonds is 4. The molecule has 4 rings (SSSR count). The van der Waals surface area contributed by atoms with Crippen LogP contribution in [-0.2, 0) is 14.8 Å². The molecule has 32 heavy (non-hydrogen) atoms. The van der Waals surface area contributed by atoms with Crippen LogP contribution < -0.4 is 4.90 Å². The van der Waals surface area contributed by atoms with Gasteiger partial charge in [0.2, 0.25) is 10.0 Å². The van der Waals surface area contributed by atoms with E-state index in [9.17, 15) is 12.8 Å². The summed E-state index contributed by atoms with van der Waals surface area (Å²) in [6, 6.07) is 9.99. The SMILES string of the molecule is Cc1ccc(-n2cccn2)cc1S(=O)(=O)N1CCN(c2ccc(F)cn2)C(C)C1.O=CO. The lowest BCUT2D eigenvalue weighted by Gasteiger charge is -2.40. The Morgan fingerprint density at radius 3 is 2.56 bits per heavy atom. The highest BCUT2D eigenvalue weighted by Gasteiger charge is 2.33. The molecule has 0 bridgehead atoms. The van der Waals surface area contributed by atoms with Crippen molar-refractivity contribution in [3.05, 3.63) is 66.4 Å². The minimum atomic E-state index is -3.67. The number of hydrogen-bond acceptors (Lipinski definition) is 6. The molecule has 0 aliphatic carbocycles. The van der Waals surface area contributed by atoms with Crippen LogP contribution in [-0.4, -0.2) is 64.7 Å². The number of hydrogen-bond donors (Lipinski definition) is 1. The number of piperazine rings is 1. The van der Waals surface area contributed by atoms with Gasteiger partial charge in [0.05, 0.1) is 16.8 Å². The maximum Gasteiger partial charge on any atom is 0.290 e. The largest absolute Gasteiger partial charge is 0.483 e. The van der Waals surface area contributed by atoms with Crippen LogP contribution in [0.25, 0.3) is 5.69 Å². The Morgan fingerprint density at radius 1 is 1.22 bits per heavy atom. The van der Waals surface area contributed by atoms with Crippen LogP contribution in [0.1, 0.15) is 12.5 Å². The van der Waals surface area contributed by atoms with Gasteiger partial charge in [0.25, 0.3) is 6.47 Å². The number of carboxylic acid groups (broad SMARTS) is 1. The number of anilines is 1. The van der Waals surface area contributed by atoms with Crippen LogP contribution in [0.15, 0.2) is 59.9 Å². The zero-order valence-corrected chi connectivity index (χ0v) is 18.5. The van der Waals surface area contributed by atoms with E-state index in [1.54, 1.807) is 48.3 Å². The molecule has 11 heteroatoms. The van der Waals surface area contributed by atoms with E-state index in [-0.39, 0.29) is 17.4 Å². The monoisotopic (exact) mass is 461 g/mol. The summed E-state index contributed by atoms with van der Waals surface area (Å²) in [5.41, 5.74) is 1.39. The second-order valence-corrected chi connectivity index (χ2v) is 9.15. The number of sulfonamides is 1. The van der Waals surface area contributed by atoms with E-state index in [4.69, 9.17) is 9.90 Å². The van der Waals surface area contributed by atoms with Gasteiger partial charge in [-0.1, -0.05) is 6.07 Å². The summed E-state index contributed by atoms with van der Waals surface area (Å²) in [5.74, 6) is 0.253. The molecule has 170 valence electrons.